The molecule has 42 heavy (non-hydrogen) atoms. The van der Waals surface area contributed by atoms with Gasteiger partial charge in [-0.3, -0.25) is 0 Å². The molecule has 2 aliphatic rings. The second-order valence-corrected chi connectivity index (χ2v) is 17.0. The molecule has 1 aliphatic heterocycles. The van der Waals surface area contributed by atoms with Gasteiger partial charge in [0.15, 0.2) is 11.0 Å². The average molecular weight is 607 g/mol. The van der Waals surface area contributed by atoms with Crippen molar-refractivity contribution in [3.05, 3.63) is 77.8 Å². The standard InChI is InChI=1S/C32H36ClFN4O3Si/c1-31(2,3)42(23-10-6-4-7-11-23,24-12-8-5-9-13-24)41-22-32(14-15-32)21-40-30-36-27-25(20-35-28(33)26(27)34)29(37-30)38-16-18-39-19-17-38/h4-13,20H,14-19,21-22H2,1-3H3. The molecule has 0 radical (unpaired) electrons. The van der Waals surface area contributed by atoms with E-state index in [1.807, 2.05) is 12.1 Å². The zero-order valence-corrected chi connectivity index (χ0v) is 26.0. The minimum atomic E-state index is -2.69. The molecular formula is C32H36ClFN4O3Si. The number of benzene rings is 2. The number of hydrogen-bond donors (Lipinski definition) is 0. The molecule has 0 amide bonds. The number of pyridine rings is 1. The summed E-state index contributed by atoms with van der Waals surface area (Å²) in [5, 5.41) is 2.65. The molecular weight excluding hydrogens is 571 g/mol. The van der Waals surface area contributed by atoms with Crippen molar-refractivity contribution in [1.82, 2.24) is 15.0 Å². The van der Waals surface area contributed by atoms with Gasteiger partial charge < -0.3 is 18.8 Å². The third kappa shape index (κ3) is 5.51. The fourth-order valence-electron chi connectivity index (χ4n) is 5.83. The zero-order valence-electron chi connectivity index (χ0n) is 24.3. The summed E-state index contributed by atoms with van der Waals surface area (Å²) in [6, 6.07) is 21.4. The van der Waals surface area contributed by atoms with Crippen LogP contribution in [0.15, 0.2) is 66.9 Å². The lowest BCUT2D eigenvalue weighted by atomic mass is 10.1. The molecule has 0 unspecified atom stereocenters. The second-order valence-electron chi connectivity index (χ2n) is 12.3. The maximum atomic E-state index is 15.1. The quantitative estimate of drug-likeness (QED) is 0.187. The maximum absolute atomic E-state index is 15.1. The Morgan fingerprint density at radius 2 is 1.57 bits per heavy atom. The molecule has 1 saturated heterocycles. The van der Waals surface area contributed by atoms with Crippen LogP contribution in [0.1, 0.15) is 33.6 Å². The Bertz CT molecular complexity index is 1510. The smallest absolute Gasteiger partial charge is 0.319 e. The minimum Gasteiger partial charge on any atom is -0.463 e. The third-order valence-corrected chi connectivity index (χ3v) is 13.6. The molecule has 1 aliphatic carbocycles. The predicted octanol–water partition coefficient (Wildman–Crippen LogP) is 5.39. The summed E-state index contributed by atoms with van der Waals surface area (Å²) >= 11 is 6.03. The Kier molecular flexibility index (Phi) is 7.95. The van der Waals surface area contributed by atoms with Crippen LogP contribution in [0.5, 0.6) is 6.01 Å². The van der Waals surface area contributed by atoms with Crippen LogP contribution in [0, 0.1) is 11.2 Å². The molecule has 0 N–H and O–H groups in total. The number of morpholine rings is 1. The van der Waals surface area contributed by atoms with Crippen molar-refractivity contribution in [3.8, 4) is 6.01 Å². The molecule has 2 aromatic heterocycles. The topological polar surface area (TPSA) is 69.6 Å². The number of hydrogen-bond acceptors (Lipinski definition) is 7. The first kappa shape index (κ1) is 29.0. The summed E-state index contributed by atoms with van der Waals surface area (Å²) in [6.07, 6.45) is 3.47. The molecule has 4 aromatic rings. The summed E-state index contributed by atoms with van der Waals surface area (Å²) < 4.78 is 34.1. The molecule has 220 valence electrons. The second kappa shape index (κ2) is 11.5. The fourth-order valence-corrected chi connectivity index (χ4v) is 10.6. The first-order chi connectivity index (χ1) is 20.2. The Balaban J connectivity index is 1.28. The van der Waals surface area contributed by atoms with Gasteiger partial charge in [-0.1, -0.05) is 93.0 Å². The van der Waals surface area contributed by atoms with E-state index < -0.39 is 14.1 Å². The molecule has 2 aromatic carbocycles. The van der Waals surface area contributed by atoms with Gasteiger partial charge >= 0.3 is 6.01 Å². The molecule has 10 heteroatoms. The van der Waals surface area contributed by atoms with Crippen molar-refractivity contribution in [3.63, 3.8) is 0 Å². The van der Waals surface area contributed by atoms with E-state index in [9.17, 15) is 0 Å². The first-order valence-electron chi connectivity index (χ1n) is 14.4. The molecule has 6 rings (SSSR count). The summed E-state index contributed by atoms with van der Waals surface area (Å²) in [6.45, 7) is 10.1. The van der Waals surface area contributed by atoms with Gasteiger partial charge in [0.05, 0.1) is 25.2 Å². The number of nitrogens with zero attached hydrogens (tertiary/aromatic N) is 4. The van der Waals surface area contributed by atoms with Gasteiger partial charge in [-0.2, -0.15) is 9.97 Å². The molecule has 1 saturated carbocycles. The van der Waals surface area contributed by atoms with Crippen LogP contribution in [-0.2, 0) is 9.16 Å². The van der Waals surface area contributed by atoms with Crippen LogP contribution in [0.4, 0.5) is 10.2 Å². The van der Waals surface area contributed by atoms with Crippen molar-refractivity contribution in [2.24, 2.45) is 5.41 Å². The first-order valence-corrected chi connectivity index (χ1v) is 16.7. The number of halogens is 2. The van der Waals surface area contributed by atoms with E-state index in [0.717, 1.165) is 12.8 Å². The summed E-state index contributed by atoms with van der Waals surface area (Å²) in [5.41, 5.74) is -0.0613. The lowest BCUT2D eigenvalue weighted by Gasteiger charge is -2.43. The van der Waals surface area contributed by atoms with Crippen molar-refractivity contribution < 1.29 is 18.3 Å². The molecule has 0 atom stereocenters. The highest BCUT2D eigenvalue weighted by Gasteiger charge is 2.53. The molecule has 3 heterocycles. The summed E-state index contributed by atoms with van der Waals surface area (Å²) in [7, 11) is -2.69. The number of ether oxygens (including phenoxy) is 2. The van der Waals surface area contributed by atoms with Crippen LogP contribution >= 0.6 is 11.6 Å². The fraction of sp³-hybridized carbons (Fsp3) is 0.406. The van der Waals surface area contributed by atoms with Gasteiger partial charge in [0, 0.05) is 31.3 Å². The van der Waals surface area contributed by atoms with E-state index in [1.54, 1.807) is 0 Å². The number of aromatic nitrogens is 3. The van der Waals surface area contributed by atoms with Crippen molar-refractivity contribution in [2.45, 2.75) is 38.7 Å². The average Bonchev–Trinajstić information content (AvgIpc) is 3.79. The Labute approximate surface area is 252 Å². The zero-order chi connectivity index (χ0) is 29.4. The number of fused-ring (bicyclic) bond motifs is 1. The van der Waals surface area contributed by atoms with Crippen molar-refractivity contribution in [1.29, 1.82) is 0 Å². The normalized spacial score (nSPS) is 16.9. The van der Waals surface area contributed by atoms with Crippen LogP contribution in [0.25, 0.3) is 10.9 Å². The van der Waals surface area contributed by atoms with Gasteiger partial charge in [0.25, 0.3) is 8.32 Å². The highest BCUT2D eigenvalue weighted by molar-refractivity contribution is 6.99. The minimum absolute atomic E-state index is 0.106. The van der Waals surface area contributed by atoms with E-state index in [1.165, 1.54) is 16.6 Å². The summed E-state index contributed by atoms with van der Waals surface area (Å²) in [5.74, 6) is -0.0955. The van der Waals surface area contributed by atoms with Crippen molar-refractivity contribution in [2.75, 3.05) is 44.4 Å². The van der Waals surface area contributed by atoms with E-state index in [4.69, 9.17) is 30.5 Å². The van der Waals surface area contributed by atoms with Crippen LogP contribution in [0.2, 0.25) is 10.2 Å². The Morgan fingerprint density at radius 3 is 2.14 bits per heavy atom. The lowest BCUT2D eigenvalue weighted by Crippen LogP contribution is -2.67. The monoisotopic (exact) mass is 606 g/mol. The van der Waals surface area contributed by atoms with Crippen LogP contribution in [-0.4, -0.2) is 62.8 Å². The highest BCUT2D eigenvalue weighted by atomic mass is 35.5. The molecule has 0 spiro atoms. The molecule has 7 nitrogen and oxygen atoms in total. The van der Waals surface area contributed by atoms with E-state index >= 15 is 4.39 Å². The third-order valence-electron chi connectivity index (χ3n) is 8.39. The lowest BCUT2D eigenvalue weighted by molar-refractivity contribution is 0.122. The van der Waals surface area contributed by atoms with Gasteiger partial charge in [-0.05, 0) is 28.3 Å². The Hall–Kier alpha value is -3.11. The summed E-state index contributed by atoms with van der Waals surface area (Å²) in [4.78, 5) is 15.2. The Morgan fingerprint density at radius 1 is 0.952 bits per heavy atom. The van der Waals surface area contributed by atoms with Crippen LogP contribution < -0.4 is 20.0 Å². The largest absolute Gasteiger partial charge is 0.463 e. The highest BCUT2D eigenvalue weighted by Crippen LogP contribution is 2.48. The van der Waals surface area contributed by atoms with Gasteiger partial charge in [-0.25, -0.2) is 9.37 Å². The van der Waals surface area contributed by atoms with Crippen molar-refractivity contribution >= 4 is 47.0 Å². The van der Waals surface area contributed by atoms with Gasteiger partial charge in [-0.15, -0.1) is 0 Å². The van der Waals surface area contributed by atoms with E-state index in [2.05, 4.69) is 84.2 Å². The molecule has 0 bridgehead atoms. The van der Waals surface area contributed by atoms with Gasteiger partial charge in [0.2, 0.25) is 0 Å². The number of rotatable bonds is 9. The van der Waals surface area contributed by atoms with E-state index in [0.29, 0.717) is 50.7 Å². The SMILES string of the molecule is CC(C)(C)[Si](OCC1(COc2nc(N3CCOCC3)c3cnc(Cl)c(F)c3n2)CC1)(c1ccccc1)c1ccccc1. The molecule has 2 fully saturated rings. The van der Waals surface area contributed by atoms with E-state index in [-0.39, 0.29) is 27.1 Å². The predicted molar refractivity (Wildman–Crippen MR) is 166 cm³/mol. The van der Waals surface area contributed by atoms with Crippen LogP contribution in [0.3, 0.4) is 0 Å². The van der Waals surface area contributed by atoms with Gasteiger partial charge in [0.1, 0.15) is 11.3 Å². The maximum Gasteiger partial charge on any atom is 0.319 e. The number of anilines is 1.